The highest BCUT2D eigenvalue weighted by atomic mass is 16.7. The van der Waals surface area contributed by atoms with Crippen LogP contribution in [0.4, 0.5) is 11.4 Å². The monoisotopic (exact) mass is 444 g/mol. The second kappa shape index (κ2) is 8.07. The predicted octanol–water partition coefficient (Wildman–Crippen LogP) is 3.23. The van der Waals surface area contributed by atoms with Crippen LogP contribution in [0.2, 0.25) is 0 Å². The first-order chi connectivity index (χ1) is 16.0. The van der Waals surface area contributed by atoms with Gasteiger partial charge in [0.25, 0.3) is 5.91 Å². The van der Waals surface area contributed by atoms with Crippen molar-refractivity contribution < 1.29 is 29.1 Å². The van der Waals surface area contributed by atoms with Gasteiger partial charge < -0.3 is 9.84 Å². The molecule has 0 unspecified atom stereocenters. The number of carbonyl (C=O) groups is 3. The first-order valence-electron chi connectivity index (χ1n) is 10.4. The maximum atomic E-state index is 13.6. The molecule has 8 heteroatoms. The second-order valence-electron chi connectivity index (χ2n) is 7.77. The van der Waals surface area contributed by atoms with Crippen molar-refractivity contribution in [2.45, 2.75) is 12.1 Å². The normalized spacial score (nSPS) is 21.9. The topological polar surface area (TPSA) is 96.4 Å². The second-order valence-corrected chi connectivity index (χ2v) is 7.77. The van der Waals surface area contributed by atoms with Crippen molar-refractivity contribution in [3.63, 3.8) is 0 Å². The fraction of sp³-hybridized carbons (Fsp3) is 0.160. The number of carbonyl (C=O) groups excluding carboxylic acids is 3. The van der Waals surface area contributed by atoms with Crippen LogP contribution in [0.15, 0.2) is 78.9 Å². The van der Waals surface area contributed by atoms with E-state index < -0.39 is 35.8 Å². The van der Waals surface area contributed by atoms with E-state index in [4.69, 9.17) is 9.57 Å². The van der Waals surface area contributed by atoms with E-state index in [1.807, 2.05) is 30.3 Å². The van der Waals surface area contributed by atoms with Crippen molar-refractivity contribution in [1.29, 1.82) is 0 Å². The Bertz CT molecular complexity index is 1230. The van der Waals surface area contributed by atoms with E-state index in [0.29, 0.717) is 22.5 Å². The quantitative estimate of drug-likeness (QED) is 0.488. The highest BCUT2D eigenvalue weighted by Crippen LogP contribution is 2.49. The molecule has 2 aliphatic rings. The van der Waals surface area contributed by atoms with E-state index in [2.05, 4.69) is 0 Å². The van der Waals surface area contributed by atoms with Gasteiger partial charge in [0, 0.05) is 5.56 Å². The van der Waals surface area contributed by atoms with Crippen LogP contribution in [-0.4, -0.2) is 36.1 Å². The smallest absolute Gasteiger partial charge is 0.337 e. The standard InChI is InChI=1S/C25H20N2O6/c1-32-25(31)15-11-13-16(14-12-15)26-23(29)20-21(18-9-5-6-10-19(18)28)27(33-22(20)24(26)30)17-7-3-2-4-8-17/h2-14,20-22,28H,1H3/t20-,21-,22-/m1/s1. The van der Waals surface area contributed by atoms with Crippen LogP contribution in [0.1, 0.15) is 22.0 Å². The molecule has 0 saturated carbocycles. The summed E-state index contributed by atoms with van der Waals surface area (Å²) in [5, 5.41) is 12.1. The fourth-order valence-corrected chi connectivity index (χ4v) is 4.39. The van der Waals surface area contributed by atoms with Crippen LogP contribution in [0.3, 0.4) is 0 Å². The van der Waals surface area contributed by atoms with Crippen LogP contribution in [0.5, 0.6) is 5.75 Å². The molecule has 2 fully saturated rings. The van der Waals surface area contributed by atoms with E-state index >= 15 is 0 Å². The molecule has 33 heavy (non-hydrogen) atoms. The first kappa shape index (κ1) is 20.7. The molecule has 0 aromatic heterocycles. The van der Waals surface area contributed by atoms with Gasteiger partial charge in [0.2, 0.25) is 5.91 Å². The highest BCUT2D eigenvalue weighted by molar-refractivity contribution is 6.24. The molecule has 5 rings (SSSR count). The lowest BCUT2D eigenvalue weighted by molar-refractivity contribution is -0.126. The summed E-state index contributed by atoms with van der Waals surface area (Å²) in [5.74, 6) is -2.32. The van der Waals surface area contributed by atoms with Crippen molar-refractivity contribution in [1.82, 2.24) is 0 Å². The highest BCUT2D eigenvalue weighted by Gasteiger charge is 2.60. The lowest BCUT2D eigenvalue weighted by Crippen LogP contribution is -2.37. The zero-order valence-electron chi connectivity index (χ0n) is 17.6. The molecule has 8 nitrogen and oxygen atoms in total. The largest absolute Gasteiger partial charge is 0.508 e. The van der Waals surface area contributed by atoms with Gasteiger partial charge in [-0.2, -0.15) is 0 Å². The molecule has 1 N–H and O–H groups in total. The fourth-order valence-electron chi connectivity index (χ4n) is 4.39. The van der Waals surface area contributed by atoms with Crippen LogP contribution in [0.25, 0.3) is 0 Å². The first-order valence-corrected chi connectivity index (χ1v) is 10.4. The number of esters is 1. The summed E-state index contributed by atoms with van der Waals surface area (Å²) in [6.45, 7) is 0. The van der Waals surface area contributed by atoms with Gasteiger partial charge in [-0.05, 0) is 42.5 Å². The summed E-state index contributed by atoms with van der Waals surface area (Å²) in [6, 6.07) is 21.1. The van der Waals surface area contributed by atoms with Crippen molar-refractivity contribution in [2.75, 3.05) is 17.1 Å². The summed E-state index contributed by atoms with van der Waals surface area (Å²) in [6.07, 6.45) is -1.05. The number of phenols is 1. The number of ether oxygens (including phenoxy) is 1. The third-order valence-electron chi connectivity index (χ3n) is 5.93. The van der Waals surface area contributed by atoms with Gasteiger partial charge in [-0.15, -0.1) is 0 Å². The Labute approximate surface area is 189 Å². The SMILES string of the molecule is COC(=O)c1ccc(N2C(=O)[C@@H]3[C@@H](c4ccccc4O)N(c4ccccc4)O[C@H]3C2=O)cc1. The molecule has 2 amide bonds. The summed E-state index contributed by atoms with van der Waals surface area (Å²) < 4.78 is 4.70. The maximum absolute atomic E-state index is 13.6. The molecule has 2 aliphatic heterocycles. The Kier molecular flexibility index (Phi) is 5.07. The van der Waals surface area contributed by atoms with Crippen LogP contribution >= 0.6 is 0 Å². The van der Waals surface area contributed by atoms with Crippen molar-refractivity contribution in [3.8, 4) is 5.75 Å². The lowest BCUT2D eigenvalue weighted by Gasteiger charge is -2.29. The van der Waals surface area contributed by atoms with Crippen LogP contribution in [0, 0.1) is 5.92 Å². The number of phenolic OH excluding ortho intramolecular Hbond substituents is 1. The third-order valence-corrected chi connectivity index (χ3v) is 5.93. The number of para-hydroxylation sites is 2. The number of fused-ring (bicyclic) bond motifs is 1. The number of imide groups is 1. The lowest BCUT2D eigenvalue weighted by atomic mass is 9.90. The number of hydrogen-bond donors (Lipinski definition) is 1. The van der Waals surface area contributed by atoms with E-state index in [9.17, 15) is 19.5 Å². The van der Waals surface area contributed by atoms with Gasteiger partial charge in [0.15, 0.2) is 6.10 Å². The number of anilines is 2. The molecule has 2 saturated heterocycles. The van der Waals surface area contributed by atoms with Crippen molar-refractivity contribution in [3.05, 3.63) is 90.0 Å². The van der Waals surface area contributed by atoms with Gasteiger partial charge in [0.1, 0.15) is 11.7 Å². The average molecular weight is 444 g/mol. The average Bonchev–Trinajstić information content (AvgIpc) is 3.35. The minimum absolute atomic E-state index is 0.00816. The Morgan fingerprint density at radius 1 is 0.879 bits per heavy atom. The van der Waals surface area contributed by atoms with E-state index in [-0.39, 0.29) is 5.75 Å². The summed E-state index contributed by atoms with van der Waals surface area (Å²) in [4.78, 5) is 45.7. The van der Waals surface area contributed by atoms with Gasteiger partial charge in [-0.25, -0.2) is 14.8 Å². The molecular weight excluding hydrogens is 424 g/mol. The Hall–Kier alpha value is -4.17. The molecule has 0 spiro atoms. The molecule has 166 valence electrons. The molecule has 3 atom stereocenters. The van der Waals surface area contributed by atoms with Crippen LogP contribution < -0.4 is 9.96 Å². The minimum Gasteiger partial charge on any atom is -0.508 e. The minimum atomic E-state index is -1.05. The number of nitrogens with zero attached hydrogens (tertiary/aromatic N) is 2. The van der Waals surface area contributed by atoms with Crippen molar-refractivity contribution in [2.24, 2.45) is 5.92 Å². The summed E-state index contributed by atoms with van der Waals surface area (Å²) in [5.41, 5.74) is 1.78. The molecule has 0 radical (unpaired) electrons. The van der Waals surface area contributed by atoms with E-state index in [0.717, 1.165) is 4.90 Å². The molecule has 3 aromatic rings. The third kappa shape index (κ3) is 3.32. The molecule has 0 aliphatic carbocycles. The Morgan fingerprint density at radius 3 is 2.21 bits per heavy atom. The number of aromatic hydroxyl groups is 1. The zero-order valence-corrected chi connectivity index (χ0v) is 17.6. The predicted molar refractivity (Wildman–Crippen MR) is 118 cm³/mol. The van der Waals surface area contributed by atoms with Crippen molar-refractivity contribution >= 4 is 29.2 Å². The number of benzene rings is 3. The van der Waals surface area contributed by atoms with E-state index in [1.54, 1.807) is 18.2 Å². The summed E-state index contributed by atoms with van der Waals surface area (Å²) in [7, 11) is 1.28. The Balaban J connectivity index is 1.54. The van der Waals surface area contributed by atoms with Gasteiger partial charge >= 0.3 is 5.97 Å². The number of amides is 2. The number of hydrogen-bond acceptors (Lipinski definition) is 7. The van der Waals surface area contributed by atoms with Gasteiger partial charge in [-0.3, -0.25) is 14.4 Å². The molecule has 2 heterocycles. The number of methoxy groups -OCH3 is 1. The van der Waals surface area contributed by atoms with Gasteiger partial charge in [0.05, 0.1) is 30.1 Å². The molecule has 0 bridgehead atoms. The summed E-state index contributed by atoms with van der Waals surface area (Å²) >= 11 is 0. The Morgan fingerprint density at radius 2 is 1.55 bits per heavy atom. The number of hydroxylamine groups is 1. The number of rotatable bonds is 4. The zero-order chi connectivity index (χ0) is 23.1. The van der Waals surface area contributed by atoms with E-state index in [1.165, 1.54) is 42.5 Å². The van der Waals surface area contributed by atoms with Gasteiger partial charge in [-0.1, -0.05) is 36.4 Å². The maximum Gasteiger partial charge on any atom is 0.337 e. The van der Waals surface area contributed by atoms with Crippen LogP contribution in [-0.2, 0) is 19.2 Å². The molecule has 3 aromatic carbocycles. The molecular formula is C25H20N2O6.